The first-order valence-corrected chi connectivity index (χ1v) is 6.42. The summed E-state index contributed by atoms with van der Waals surface area (Å²) in [4.78, 5) is 10.6. The molecular formula is C12H11Cl2F3N2O2. The summed E-state index contributed by atoms with van der Waals surface area (Å²) in [6.45, 7) is 3.55. The maximum Gasteiger partial charge on any atom is 0.455 e. The molecule has 0 saturated heterocycles. The summed E-state index contributed by atoms with van der Waals surface area (Å²) in [5, 5.41) is 3.55. The molecule has 116 valence electrons. The second kappa shape index (κ2) is 7.00. The van der Waals surface area contributed by atoms with Crippen molar-refractivity contribution in [2.75, 3.05) is 5.43 Å². The van der Waals surface area contributed by atoms with Gasteiger partial charge in [-0.3, -0.25) is 10.2 Å². The third-order valence-electron chi connectivity index (χ3n) is 2.03. The van der Waals surface area contributed by atoms with Gasteiger partial charge in [0.1, 0.15) is 5.75 Å². The third kappa shape index (κ3) is 5.43. The first kappa shape index (κ1) is 17.6. The van der Waals surface area contributed by atoms with Crippen LogP contribution in [-0.4, -0.2) is 24.3 Å². The molecule has 0 aliphatic rings. The highest BCUT2D eigenvalue weighted by molar-refractivity contribution is 6.37. The SMILES string of the molecule is CC(C)Oc1cc(NN=CC(=O)C(F)(F)F)c(Cl)cc1Cl. The molecule has 9 heteroatoms. The van der Waals surface area contributed by atoms with E-state index in [1.807, 2.05) is 0 Å². The highest BCUT2D eigenvalue weighted by Crippen LogP contribution is 2.34. The van der Waals surface area contributed by atoms with E-state index < -0.39 is 12.0 Å². The molecule has 0 spiro atoms. The van der Waals surface area contributed by atoms with Crippen molar-refractivity contribution in [3.63, 3.8) is 0 Å². The lowest BCUT2D eigenvalue weighted by molar-refractivity contribution is -0.162. The van der Waals surface area contributed by atoms with Crippen LogP contribution >= 0.6 is 23.2 Å². The molecular weight excluding hydrogens is 332 g/mol. The van der Waals surface area contributed by atoms with E-state index in [9.17, 15) is 18.0 Å². The molecule has 0 heterocycles. The number of hydrogen-bond acceptors (Lipinski definition) is 4. The number of nitrogens with one attached hydrogen (secondary N) is 1. The van der Waals surface area contributed by atoms with Gasteiger partial charge in [-0.15, -0.1) is 0 Å². The molecule has 0 aliphatic carbocycles. The van der Waals surface area contributed by atoms with Crippen LogP contribution in [0.5, 0.6) is 5.75 Å². The van der Waals surface area contributed by atoms with Crippen molar-refractivity contribution in [1.82, 2.24) is 0 Å². The zero-order chi connectivity index (χ0) is 16.2. The average molecular weight is 343 g/mol. The quantitative estimate of drug-likeness (QED) is 0.640. The van der Waals surface area contributed by atoms with E-state index in [2.05, 4.69) is 10.5 Å². The van der Waals surface area contributed by atoms with E-state index in [0.717, 1.165) is 0 Å². The average Bonchev–Trinajstić information content (AvgIpc) is 2.32. The molecule has 0 aromatic heterocycles. The van der Waals surface area contributed by atoms with Gasteiger partial charge in [0.15, 0.2) is 0 Å². The largest absolute Gasteiger partial charge is 0.489 e. The van der Waals surface area contributed by atoms with Crippen molar-refractivity contribution in [2.24, 2.45) is 5.10 Å². The standard InChI is InChI=1S/C12H11Cl2F3N2O2/c1-6(2)21-10-4-9(7(13)3-8(10)14)19-18-5-11(20)12(15,16)17/h3-6,19H,1-2H3. The lowest BCUT2D eigenvalue weighted by atomic mass is 10.3. The van der Waals surface area contributed by atoms with Crippen LogP contribution in [0.15, 0.2) is 17.2 Å². The smallest absolute Gasteiger partial charge is 0.455 e. The molecule has 0 fully saturated rings. The highest BCUT2D eigenvalue weighted by Gasteiger charge is 2.36. The van der Waals surface area contributed by atoms with Crippen molar-refractivity contribution < 1.29 is 22.7 Å². The Morgan fingerprint density at radius 2 is 1.95 bits per heavy atom. The minimum atomic E-state index is -4.97. The van der Waals surface area contributed by atoms with Gasteiger partial charge < -0.3 is 4.74 Å². The summed E-state index contributed by atoms with van der Waals surface area (Å²) in [6.07, 6.45) is -5.01. The Kier molecular flexibility index (Phi) is 5.86. The molecule has 0 amide bonds. The predicted octanol–water partition coefficient (Wildman–Crippen LogP) is 4.31. The molecule has 21 heavy (non-hydrogen) atoms. The van der Waals surface area contributed by atoms with E-state index in [1.165, 1.54) is 12.1 Å². The highest BCUT2D eigenvalue weighted by atomic mass is 35.5. The summed E-state index contributed by atoms with van der Waals surface area (Å²) in [5.74, 6) is -1.80. The first-order valence-electron chi connectivity index (χ1n) is 5.67. The van der Waals surface area contributed by atoms with Gasteiger partial charge in [0.05, 0.1) is 28.1 Å². The van der Waals surface area contributed by atoms with Gasteiger partial charge in [0, 0.05) is 6.07 Å². The van der Waals surface area contributed by atoms with E-state index in [-0.39, 0.29) is 33.8 Å². The van der Waals surface area contributed by atoms with Crippen molar-refractivity contribution >= 4 is 40.9 Å². The predicted molar refractivity (Wildman–Crippen MR) is 75.4 cm³/mol. The summed E-state index contributed by atoms with van der Waals surface area (Å²) in [7, 11) is 0. The molecule has 0 bridgehead atoms. The molecule has 0 atom stereocenters. The topological polar surface area (TPSA) is 50.7 Å². The zero-order valence-electron chi connectivity index (χ0n) is 11.0. The number of halogens is 5. The molecule has 0 aliphatic heterocycles. The van der Waals surface area contributed by atoms with Crippen LogP contribution in [0.1, 0.15) is 13.8 Å². The monoisotopic (exact) mass is 342 g/mol. The number of carbonyl (C=O) groups is 1. The van der Waals surface area contributed by atoms with Crippen molar-refractivity contribution in [2.45, 2.75) is 26.1 Å². The van der Waals surface area contributed by atoms with Gasteiger partial charge in [-0.05, 0) is 19.9 Å². The van der Waals surface area contributed by atoms with Crippen LogP contribution in [-0.2, 0) is 4.79 Å². The van der Waals surface area contributed by atoms with Crippen molar-refractivity contribution in [1.29, 1.82) is 0 Å². The summed E-state index contributed by atoms with van der Waals surface area (Å²) >= 11 is 11.8. The zero-order valence-corrected chi connectivity index (χ0v) is 12.5. The molecule has 0 saturated carbocycles. The number of benzene rings is 1. The van der Waals surface area contributed by atoms with Gasteiger partial charge in [0.2, 0.25) is 0 Å². The lowest BCUT2D eigenvalue weighted by Gasteiger charge is -2.13. The van der Waals surface area contributed by atoms with Crippen LogP contribution < -0.4 is 10.2 Å². The van der Waals surface area contributed by atoms with Crippen LogP contribution in [0, 0.1) is 0 Å². The van der Waals surface area contributed by atoms with Crippen LogP contribution in [0.2, 0.25) is 10.0 Å². The fourth-order valence-electron chi connectivity index (χ4n) is 1.19. The molecule has 1 aromatic carbocycles. The molecule has 0 radical (unpaired) electrons. The number of rotatable bonds is 5. The normalized spacial score (nSPS) is 12.0. The number of Topliss-reactive ketones (excluding diaryl/α,β-unsaturated/α-hetero) is 1. The number of ketones is 1. The van der Waals surface area contributed by atoms with Gasteiger partial charge in [0.25, 0.3) is 5.78 Å². The Morgan fingerprint density at radius 1 is 1.33 bits per heavy atom. The van der Waals surface area contributed by atoms with E-state index >= 15 is 0 Å². The van der Waals surface area contributed by atoms with Crippen LogP contribution in [0.3, 0.4) is 0 Å². The van der Waals surface area contributed by atoms with Crippen molar-refractivity contribution in [3.05, 3.63) is 22.2 Å². The second-order valence-electron chi connectivity index (χ2n) is 4.16. The van der Waals surface area contributed by atoms with Crippen LogP contribution in [0.25, 0.3) is 0 Å². The number of nitrogens with zero attached hydrogens (tertiary/aromatic N) is 1. The van der Waals surface area contributed by atoms with Gasteiger partial charge >= 0.3 is 6.18 Å². The number of alkyl halides is 3. The summed E-state index contributed by atoms with van der Waals surface area (Å²) in [6, 6.07) is 2.73. The second-order valence-corrected chi connectivity index (χ2v) is 4.98. The molecule has 1 rings (SSSR count). The Morgan fingerprint density at radius 3 is 2.48 bits per heavy atom. The maximum absolute atomic E-state index is 12.0. The third-order valence-corrected chi connectivity index (χ3v) is 2.64. The number of ether oxygens (including phenoxy) is 1. The van der Waals surface area contributed by atoms with E-state index in [1.54, 1.807) is 13.8 Å². The van der Waals surface area contributed by atoms with Gasteiger partial charge in [-0.1, -0.05) is 23.2 Å². The Labute approximate surface area is 128 Å². The molecule has 1 N–H and O–H groups in total. The number of carbonyl (C=O) groups excluding carboxylic acids is 1. The van der Waals surface area contributed by atoms with Gasteiger partial charge in [-0.25, -0.2) is 0 Å². The minimum absolute atomic E-state index is 0.118. The van der Waals surface area contributed by atoms with E-state index in [4.69, 9.17) is 27.9 Å². The maximum atomic E-state index is 12.0. The number of hydrogen-bond donors (Lipinski definition) is 1. The molecule has 0 unspecified atom stereocenters. The fourth-order valence-corrected chi connectivity index (χ4v) is 1.66. The summed E-state index contributed by atoms with van der Waals surface area (Å²) in [5.41, 5.74) is 2.39. The minimum Gasteiger partial charge on any atom is -0.489 e. The number of hydrazone groups is 1. The van der Waals surface area contributed by atoms with E-state index in [0.29, 0.717) is 0 Å². The first-order chi connectivity index (χ1) is 9.61. The number of anilines is 1. The Bertz CT molecular complexity index is 560. The molecule has 4 nitrogen and oxygen atoms in total. The summed E-state index contributed by atoms with van der Waals surface area (Å²) < 4.78 is 41.3. The fraction of sp³-hybridized carbons (Fsp3) is 0.333. The Balaban J connectivity index is 2.89. The van der Waals surface area contributed by atoms with Gasteiger partial charge in [-0.2, -0.15) is 18.3 Å². The molecule has 1 aromatic rings. The van der Waals surface area contributed by atoms with Crippen LogP contribution in [0.4, 0.5) is 18.9 Å². The van der Waals surface area contributed by atoms with Crippen molar-refractivity contribution in [3.8, 4) is 5.75 Å². The Hall–Kier alpha value is -1.47. The lowest BCUT2D eigenvalue weighted by Crippen LogP contribution is -2.23.